The molecule has 1 aromatic heterocycles. The average molecular weight is 420 g/mol. The molecule has 2 aliphatic rings. The zero-order valence-electron chi connectivity index (χ0n) is 17.5. The second-order valence-electron chi connectivity index (χ2n) is 7.27. The molecule has 1 atom stereocenters. The minimum Gasteiger partial charge on any atom is -0.497 e. The van der Waals surface area contributed by atoms with Crippen molar-refractivity contribution in [3.8, 4) is 11.5 Å². The van der Waals surface area contributed by atoms with Crippen LogP contribution in [0.1, 0.15) is 17.2 Å². The maximum Gasteiger partial charge on any atom is 0.322 e. The van der Waals surface area contributed by atoms with Crippen LogP contribution in [0.2, 0.25) is 0 Å². The Kier molecular flexibility index (Phi) is 5.62. The summed E-state index contributed by atoms with van der Waals surface area (Å²) in [5.41, 5.74) is 2.78. The third-order valence-electron chi connectivity index (χ3n) is 5.45. The number of urea groups is 1. The van der Waals surface area contributed by atoms with Crippen LogP contribution in [0.3, 0.4) is 0 Å². The summed E-state index contributed by atoms with van der Waals surface area (Å²) in [6, 6.07) is 8.15. The van der Waals surface area contributed by atoms with Gasteiger partial charge in [0.1, 0.15) is 11.5 Å². The van der Waals surface area contributed by atoms with Crippen LogP contribution in [-0.4, -0.2) is 54.0 Å². The molecule has 0 aliphatic carbocycles. The fourth-order valence-electron chi connectivity index (χ4n) is 4.01. The number of hydrogen-bond acceptors (Lipinski definition) is 5. The lowest BCUT2D eigenvalue weighted by Gasteiger charge is -2.33. The van der Waals surface area contributed by atoms with Crippen molar-refractivity contribution >= 4 is 11.9 Å². The van der Waals surface area contributed by atoms with Gasteiger partial charge in [0.15, 0.2) is 0 Å². The van der Waals surface area contributed by atoms with Crippen LogP contribution in [0.5, 0.6) is 11.5 Å². The molecule has 0 radical (unpaired) electrons. The van der Waals surface area contributed by atoms with Gasteiger partial charge in [-0.1, -0.05) is 12.1 Å². The fraction of sp³-hybridized carbons (Fsp3) is 0.261. The van der Waals surface area contributed by atoms with E-state index in [1.165, 1.54) is 0 Å². The lowest BCUT2D eigenvalue weighted by molar-refractivity contribution is -0.126. The summed E-state index contributed by atoms with van der Waals surface area (Å²) in [5.74, 6) is 1.04. The highest BCUT2D eigenvalue weighted by atomic mass is 16.5. The van der Waals surface area contributed by atoms with Crippen LogP contribution >= 0.6 is 0 Å². The minimum atomic E-state index is -0.653. The molecule has 8 nitrogen and oxygen atoms in total. The number of carbonyl (C=O) groups excluding carboxylic acids is 2. The number of nitrogens with zero attached hydrogens (tertiary/aromatic N) is 3. The molecular weight excluding hydrogens is 396 g/mol. The highest BCUT2D eigenvalue weighted by molar-refractivity contribution is 6.01. The maximum absolute atomic E-state index is 13.5. The molecule has 1 unspecified atom stereocenters. The fourth-order valence-corrected chi connectivity index (χ4v) is 4.01. The zero-order chi connectivity index (χ0) is 22.0. The zero-order valence-corrected chi connectivity index (χ0v) is 17.5. The molecule has 8 heteroatoms. The number of ether oxygens (including phenoxy) is 2. The third-order valence-corrected chi connectivity index (χ3v) is 5.45. The van der Waals surface area contributed by atoms with E-state index in [0.717, 1.165) is 5.56 Å². The summed E-state index contributed by atoms with van der Waals surface area (Å²) >= 11 is 0. The Morgan fingerprint density at radius 2 is 2.10 bits per heavy atom. The first kappa shape index (κ1) is 20.5. The predicted molar refractivity (Wildman–Crippen MR) is 114 cm³/mol. The number of methoxy groups -OCH3 is 2. The third kappa shape index (κ3) is 3.72. The molecule has 2 aliphatic heterocycles. The number of hydrogen-bond donors (Lipinski definition) is 1. The van der Waals surface area contributed by atoms with E-state index in [1.807, 2.05) is 12.1 Å². The van der Waals surface area contributed by atoms with Crippen LogP contribution in [0.25, 0.3) is 0 Å². The Morgan fingerprint density at radius 1 is 1.26 bits per heavy atom. The van der Waals surface area contributed by atoms with Gasteiger partial charge in [-0.05, 0) is 29.8 Å². The van der Waals surface area contributed by atoms with E-state index < -0.39 is 6.04 Å². The van der Waals surface area contributed by atoms with Gasteiger partial charge < -0.3 is 19.7 Å². The van der Waals surface area contributed by atoms with Gasteiger partial charge in [-0.25, -0.2) is 4.79 Å². The monoisotopic (exact) mass is 420 g/mol. The highest BCUT2D eigenvalue weighted by Gasteiger charge is 2.44. The van der Waals surface area contributed by atoms with E-state index in [1.54, 1.807) is 60.7 Å². The number of carbonyl (C=O) groups is 2. The molecule has 2 aromatic rings. The molecule has 160 valence electrons. The Hall–Kier alpha value is -3.81. The molecule has 0 fully saturated rings. The first-order valence-electron chi connectivity index (χ1n) is 9.89. The Morgan fingerprint density at radius 3 is 2.77 bits per heavy atom. The summed E-state index contributed by atoms with van der Waals surface area (Å²) in [6.07, 6.45) is 5.07. The van der Waals surface area contributed by atoms with E-state index in [2.05, 4.69) is 16.9 Å². The summed E-state index contributed by atoms with van der Waals surface area (Å²) < 4.78 is 10.9. The lowest BCUT2D eigenvalue weighted by atomic mass is 9.94. The average Bonchev–Trinajstić information content (AvgIpc) is 3.11. The molecule has 0 saturated carbocycles. The summed E-state index contributed by atoms with van der Waals surface area (Å²) in [5, 5.41) is 2.97. The highest BCUT2D eigenvalue weighted by Crippen LogP contribution is 2.40. The summed E-state index contributed by atoms with van der Waals surface area (Å²) in [6.45, 7) is 4.78. The van der Waals surface area contributed by atoms with Crippen LogP contribution in [0, 0.1) is 0 Å². The largest absolute Gasteiger partial charge is 0.497 e. The molecule has 0 bridgehead atoms. The van der Waals surface area contributed by atoms with E-state index in [9.17, 15) is 9.59 Å². The molecule has 0 spiro atoms. The van der Waals surface area contributed by atoms with Crippen molar-refractivity contribution in [1.82, 2.24) is 20.1 Å². The Labute approximate surface area is 180 Å². The SMILES string of the molecule is C=CCN1C(=O)NC(c2cc(OC)ccc2OC)C2=C1CN(Cc1cccnc1)C2=O. The van der Waals surface area contributed by atoms with E-state index in [-0.39, 0.29) is 11.9 Å². The topological polar surface area (TPSA) is 84.0 Å². The molecule has 3 amide bonds. The molecule has 1 aromatic carbocycles. The number of aromatic nitrogens is 1. The van der Waals surface area contributed by atoms with E-state index in [4.69, 9.17) is 9.47 Å². The number of rotatable bonds is 7. The first-order valence-corrected chi connectivity index (χ1v) is 9.89. The van der Waals surface area contributed by atoms with Gasteiger partial charge >= 0.3 is 6.03 Å². The second kappa shape index (κ2) is 8.51. The van der Waals surface area contributed by atoms with Crippen LogP contribution < -0.4 is 14.8 Å². The van der Waals surface area contributed by atoms with Gasteiger partial charge in [-0.3, -0.25) is 14.7 Å². The van der Waals surface area contributed by atoms with E-state index >= 15 is 0 Å². The van der Waals surface area contributed by atoms with Crippen molar-refractivity contribution in [3.63, 3.8) is 0 Å². The van der Waals surface area contributed by atoms with Gasteiger partial charge in [0, 0.05) is 31.0 Å². The van der Waals surface area contributed by atoms with Crippen molar-refractivity contribution in [2.45, 2.75) is 12.6 Å². The number of pyridine rings is 1. The molecule has 31 heavy (non-hydrogen) atoms. The molecule has 4 rings (SSSR count). The van der Waals surface area contributed by atoms with Crippen molar-refractivity contribution < 1.29 is 19.1 Å². The summed E-state index contributed by atoms with van der Waals surface area (Å²) in [4.78, 5) is 33.9. The van der Waals surface area contributed by atoms with Gasteiger partial charge in [0.05, 0.1) is 38.1 Å². The van der Waals surface area contributed by atoms with Gasteiger partial charge in [-0.15, -0.1) is 6.58 Å². The van der Waals surface area contributed by atoms with Crippen LogP contribution in [-0.2, 0) is 11.3 Å². The van der Waals surface area contributed by atoms with Crippen LogP contribution in [0.15, 0.2) is 66.7 Å². The first-order chi connectivity index (χ1) is 15.1. The maximum atomic E-state index is 13.5. The lowest BCUT2D eigenvalue weighted by Crippen LogP contribution is -2.47. The van der Waals surface area contributed by atoms with Crippen molar-refractivity contribution in [1.29, 1.82) is 0 Å². The Bertz CT molecular complexity index is 1050. The van der Waals surface area contributed by atoms with Crippen molar-refractivity contribution in [2.24, 2.45) is 0 Å². The smallest absolute Gasteiger partial charge is 0.322 e. The van der Waals surface area contributed by atoms with E-state index in [0.29, 0.717) is 48.0 Å². The van der Waals surface area contributed by atoms with Crippen molar-refractivity contribution in [2.75, 3.05) is 27.3 Å². The number of benzene rings is 1. The molecule has 3 heterocycles. The standard InChI is InChI=1S/C23H24N4O4/c1-4-10-27-18-14-26(13-15-6-5-9-24-12-15)22(28)20(18)21(25-23(27)29)17-11-16(30-2)7-8-19(17)31-3/h4-9,11-12,21H,1,10,13-14H2,2-3H3,(H,25,29). The van der Waals surface area contributed by atoms with Crippen LogP contribution in [0.4, 0.5) is 4.79 Å². The molecule has 0 saturated heterocycles. The quantitative estimate of drug-likeness (QED) is 0.697. The summed E-state index contributed by atoms with van der Waals surface area (Å²) in [7, 11) is 3.12. The van der Waals surface area contributed by atoms with Gasteiger partial charge in [0.2, 0.25) is 0 Å². The van der Waals surface area contributed by atoms with Crippen molar-refractivity contribution in [3.05, 3.63) is 77.8 Å². The number of nitrogens with one attached hydrogen (secondary N) is 1. The second-order valence-corrected chi connectivity index (χ2v) is 7.27. The normalized spacial score (nSPS) is 18.1. The number of amides is 3. The Balaban J connectivity index is 1.77. The minimum absolute atomic E-state index is 0.136. The van der Waals surface area contributed by atoms with Gasteiger partial charge in [0.25, 0.3) is 5.91 Å². The predicted octanol–water partition coefficient (Wildman–Crippen LogP) is 2.65. The molecule has 1 N–H and O–H groups in total. The van der Waals surface area contributed by atoms with Gasteiger partial charge in [-0.2, -0.15) is 0 Å². The molecular formula is C23H24N4O4.